The second kappa shape index (κ2) is 4.75. The molecule has 1 aromatic rings. The van der Waals surface area contributed by atoms with Gasteiger partial charge in [-0.2, -0.15) is 4.99 Å². The number of isocyanates is 1. The summed E-state index contributed by atoms with van der Waals surface area (Å²) < 4.78 is 4.99. The van der Waals surface area contributed by atoms with Crippen molar-refractivity contribution in [2.45, 2.75) is 31.7 Å². The second-order valence-corrected chi connectivity index (χ2v) is 4.52. The zero-order chi connectivity index (χ0) is 13.2. The van der Waals surface area contributed by atoms with Crippen LogP contribution in [0.15, 0.2) is 29.3 Å². The molecule has 4 nitrogen and oxygen atoms in total. The Labute approximate surface area is 106 Å². The zero-order valence-corrected chi connectivity index (χ0v) is 10.5. The number of hydrogen-bond acceptors (Lipinski definition) is 4. The minimum Gasteiger partial charge on any atom is -0.464 e. The molecule has 0 N–H and O–H groups in total. The molecule has 0 amide bonds. The Balaban J connectivity index is 2.24. The Morgan fingerprint density at radius 2 is 2.17 bits per heavy atom. The summed E-state index contributed by atoms with van der Waals surface area (Å²) in [5.74, 6) is -0.502. The van der Waals surface area contributed by atoms with Gasteiger partial charge in [0.1, 0.15) is 0 Å². The summed E-state index contributed by atoms with van der Waals surface area (Å²) >= 11 is 0. The highest BCUT2D eigenvalue weighted by molar-refractivity contribution is 5.88. The van der Waals surface area contributed by atoms with Gasteiger partial charge in [0.15, 0.2) is 5.54 Å². The van der Waals surface area contributed by atoms with Gasteiger partial charge in [-0.3, -0.25) is 0 Å². The lowest BCUT2D eigenvalue weighted by Gasteiger charge is -2.09. The zero-order valence-electron chi connectivity index (χ0n) is 10.5. The van der Waals surface area contributed by atoms with E-state index in [2.05, 4.69) is 4.99 Å². The number of aryl methyl sites for hydroxylation is 1. The number of rotatable bonds is 4. The van der Waals surface area contributed by atoms with E-state index in [1.165, 1.54) is 6.08 Å². The lowest BCUT2D eigenvalue weighted by atomic mass is 10.0. The molecule has 2 atom stereocenters. The van der Waals surface area contributed by atoms with Crippen LogP contribution in [0.2, 0.25) is 0 Å². The van der Waals surface area contributed by atoms with Crippen LogP contribution in [0.4, 0.5) is 0 Å². The molecule has 0 aromatic heterocycles. The number of carbonyl (C=O) groups is 1. The number of esters is 1. The van der Waals surface area contributed by atoms with Gasteiger partial charge in [0.05, 0.1) is 6.61 Å². The van der Waals surface area contributed by atoms with Gasteiger partial charge in [0.25, 0.3) is 0 Å². The molecule has 0 saturated heterocycles. The van der Waals surface area contributed by atoms with Crippen LogP contribution in [-0.2, 0) is 14.3 Å². The van der Waals surface area contributed by atoms with Gasteiger partial charge in [-0.1, -0.05) is 29.8 Å². The standard InChI is InChI=1S/C14H15NO3/c1-3-18-13(17)14(15-9-16)8-12(14)11-6-4-10(2)5-7-11/h4-7,12H,3,8H2,1-2H3. The maximum absolute atomic E-state index is 11.9. The second-order valence-electron chi connectivity index (χ2n) is 4.52. The van der Waals surface area contributed by atoms with Gasteiger partial charge >= 0.3 is 5.97 Å². The highest BCUT2D eigenvalue weighted by Gasteiger charge is 2.63. The fraction of sp³-hybridized carbons (Fsp3) is 0.429. The number of aliphatic imine (C=N–C) groups is 1. The van der Waals surface area contributed by atoms with Gasteiger partial charge in [0.2, 0.25) is 6.08 Å². The van der Waals surface area contributed by atoms with E-state index in [0.29, 0.717) is 6.42 Å². The van der Waals surface area contributed by atoms with Gasteiger partial charge in [-0.05, 0) is 25.8 Å². The van der Waals surface area contributed by atoms with Gasteiger partial charge in [0, 0.05) is 5.92 Å². The predicted octanol–water partition coefficient (Wildman–Crippen LogP) is 2.12. The summed E-state index contributed by atoms with van der Waals surface area (Å²) in [5, 5.41) is 0. The largest absolute Gasteiger partial charge is 0.464 e. The van der Waals surface area contributed by atoms with E-state index in [4.69, 9.17) is 4.74 Å². The summed E-state index contributed by atoms with van der Waals surface area (Å²) in [6, 6.07) is 7.88. The molecule has 4 heteroatoms. The fourth-order valence-electron chi connectivity index (χ4n) is 2.18. The minimum absolute atomic E-state index is 0.0707. The van der Waals surface area contributed by atoms with Crippen molar-refractivity contribution in [3.8, 4) is 0 Å². The Kier molecular flexibility index (Phi) is 3.30. The van der Waals surface area contributed by atoms with Crippen LogP contribution in [0, 0.1) is 6.92 Å². The molecule has 1 aromatic carbocycles. The Morgan fingerprint density at radius 1 is 1.50 bits per heavy atom. The van der Waals surface area contributed by atoms with Crippen molar-refractivity contribution in [2.24, 2.45) is 4.99 Å². The summed E-state index contributed by atoms with van der Waals surface area (Å²) in [6.07, 6.45) is 2.01. The van der Waals surface area contributed by atoms with Crippen molar-refractivity contribution in [2.75, 3.05) is 6.61 Å². The summed E-state index contributed by atoms with van der Waals surface area (Å²) in [5.41, 5.74) is 1.13. The van der Waals surface area contributed by atoms with Crippen molar-refractivity contribution in [3.63, 3.8) is 0 Å². The molecule has 0 spiro atoms. The first-order valence-corrected chi connectivity index (χ1v) is 5.97. The van der Waals surface area contributed by atoms with Crippen molar-refractivity contribution in [1.29, 1.82) is 0 Å². The monoisotopic (exact) mass is 245 g/mol. The number of carbonyl (C=O) groups excluding carboxylic acids is 2. The van der Waals surface area contributed by atoms with Crippen molar-refractivity contribution in [3.05, 3.63) is 35.4 Å². The first-order chi connectivity index (χ1) is 8.64. The van der Waals surface area contributed by atoms with Crippen LogP contribution in [0.25, 0.3) is 0 Å². The van der Waals surface area contributed by atoms with Crippen LogP contribution in [-0.4, -0.2) is 24.2 Å². The van der Waals surface area contributed by atoms with Crippen LogP contribution >= 0.6 is 0 Å². The molecule has 1 fully saturated rings. The summed E-state index contributed by atoms with van der Waals surface area (Å²) in [4.78, 5) is 26.1. The van der Waals surface area contributed by atoms with Crippen LogP contribution < -0.4 is 0 Å². The van der Waals surface area contributed by atoms with E-state index in [0.717, 1.165) is 11.1 Å². The molecule has 0 heterocycles. The fourth-order valence-corrected chi connectivity index (χ4v) is 2.18. The van der Waals surface area contributed by atoms with E-state index < -0.39 is 11.5 Å². The van der Waals surface area contributed by atoms with Crippen LogP contribution in [0.1, 0.15) is 30.4 Å². The van der Waals surface area contributed by atoms with E-state index in [-0.39, 0.29) is 12.5 Å². The van der Waals surface area contributed by atoms with E-state index >= 15 is 0 Å². The molecule has 94 valence electrons. The molecule has 1 saturated carbocycles. The molecular formula is C14H15NO3. The molecular weight excluding hydrogens is 230 g/mol. The van der Waals surface area contributed by atoms with Crippen molar-refractivity contribution < 1.29 is 14.3 Å². The number of nitrogens with zero attached hydrogens (tertiary/aromatic N) is 1. The Morgan fingerprint density at radius 3 is 2.72 bits per heavy atom. The third-order valence-electron chi connectivity index (χ3n) is 3.29. The van der Waals surface area contributed by atoms with Gasteiger partial charge in [-0.15, -0.1) is 0 Å². The lowest BCUT2D eigenvalue weighted by molar-refractivity contribution is -0.145. The molecule has 0 aliphatic heterocycles. The summed E-state index contributed by atoms with van der Waals surface area (Å²) in [7, 11) is 0. The predicted molar refractivity (Wildman–Crippen MR) is 66.0 cm³/mol. The maximum Gasteiger partial charge on any atom is 0.335 e. The van der Waals surface area contributed by atoms with E-state index in [1.54, 1.807) is 6.92 Å². The summed E-state index contributed by atoms with van der Waals surface area (Å²) in [6.45, 7) is 4.02. The van der Waals surface area contributed by atoms with Gasteiger partial charge in [-0.25, -0.2) is 9.59 Å². The normalized spacial score (nSPS) is 25.1. The molecule has 18 heavy (non-hydrogen) atoms. The lowest BCUT2D eigenvalue weighted by Crippen LogP contribution is -2.25. The third kappa shape index (κ3) is 2.07. The van der Waals surface area contributed by atoms with E-state index in [1.807, 2.05) is 31.2 Å². The molecule has 2 unspecified atom stereocenters. The first-order valence-electron chi connectivity index (χ1n) is 5.97. The average Bonchev–Trinajstić information content (AvgIpc) is 3.07. The highest BCUT2D eigenvalue weighted by Crippen LogP contribution is 2.55. The molecule has 1 aliphatic rings. The molecule has 0 bridgehead atoms. The SMILES string of the molecule is CCOC(=O)C1(N=C=O)CC1c1ccc(C)cc1. The number of hydrogen-bond donors (Lipinski definition) is 0. The molecule has 1 aliphatic carbocycles. The maximum atomic E-state index is 11.9. The number of benzene rings is 1. The first kappa shape index (κ1) is 12.5. The smallest absolute Gasteiger partial charge is 0.335 e. The van der Waals surface area contributed by atoms with Crippen molar-refractivity contribution >= 4 is 12.0 Å². The van der Waals surface area contributed by atoms with Crippen LogP contribution in [0.3, 0.4) is 0 Å². The quantitative estimate of drug-likeness (QED) is 0.464. The third-order valence-corrected chi connectivity index (χ3v) is 3.29. The molecule has 0 radical (unpaired) electrons. The minimum atomic E-state index is -1.03. The van der Waals surface area contributed by atoms with Crippen LogP contribution in [0.5, 0.6) is 0 Å². The molecule has 2 rings (SSSR count). The van der Waals surface area contributed by atoms with E-state index in [9.17, 15) is 9.59 Å². The van der Waals surface area contributed by atoms with Gasteiger partial charge < -0.3 is 4.74 Å². The Hall–Kier alpha value is -1.93. The highest BCUT2D eigenvalue weighted by atomic mass is 16.5. The number of ether oxygens (including phenoxy) is 1. The Bertz CT molecular complexity index is 502. The average molecular weight is 245 g/mol. The van der Waals surface area contributed by atoms with Crippen molar-refractivity contribution in [1.82, 2.24) is 0 Å². The topological polar surface area (TPSA) is 55.7 Å².